The first kappa shape index (κ1) is 16.2. The highest BCUT2D eigenvalue weighted by molar-refractivity contribution is 7.89. The third kappa shape index (κ3) is 3.70. The average Bonchev–Trinajstić information content (AvgIpc) is 2.81. The topological polar surface area (TPSA) is 110 Å². The van der Waals surface area contributed by atoms with Crippen LogP contribution in [0.2, 0.25) is 5.02 Å². The van der Waals surface area contributed by atoms with Crippen LogP contribution in [0.5, 0.6) is 0 Å². The summed E-state index contributed by atoms with van der Waals surface area (Å²) in [5.74, 6) is -0.169. The zero-order valence-electron chi connectivity index (χ0n) is 11.0. The van der Waals surface area contributed by atoms with Crippen LogP contribution in [0.4, 0.5) is 5.69 Å². The third-order valence-electron chi connectivity index (χ3n) is 3.56. The molecule has 0 heterocycles. The second-order valence-corrected chi connectivity index (χ2v) is 7.15. The molecule has 0 aromatic heterocycles. The molecule has 9 heteroatoms. The molecule has 2 N–H and O–H groups in total. The summed E-state index contributed by atoms with van der Waals surface area (Å²) in [7, 11) is -4.06. The van der Waals surface area contributed by atoms with Gasteiger partial charge in [0, 0.05) is 17.6 Å². The Morgan fingerprint density at radius 3 is 2.71 bits per heavy atom. The number of nitro benzene ring substituents is 1. The van der Waals surface area contributed by atoms with Gasteiger partial charge in [0.2, 0.25) is 10.0 Å². The van der Waals surface area contributed by atoms with Crippen LogP contribution < -0.4 is 4.72 Å². The Labute approximate surface area is 127 Å². The van der Waals surface area contributed by atoms with Gasteiger partial charge in [-0.1, -0.05) is 18.0 Å². The zero-order valence-corrected chi connectivity index (χ0v) is 12.6. The second-order valence-electron chi connectivity index (χ2n) is 4.98. The van der Waals surface area contributed by atoms with E-state index >= 15 is 0 Å². The van der Waals surface area contributed by atoms with Gasteiger partial charge in [0.15, 0.2) is 4.90 Å². The van der Waals surface area contributed by atoms with Crippen molar-refractivity contribution in [3.05, 3.63) is 33.3 Å². The number of aliphatic hydroxyl groups excluding tert-OH is 1. The van der Waals surface area contributed by atoms with Crippen molar-refractivity contribution >= 4 is 27.3 Å². The molecule has 1 saturated carbocycles. The average molecular weight is 335 g/mol. The Hall–Kier alpha value is -1.22. The van der Waals surface area contributed by atoms with E-state index in [4.69, 9.17) is 11.6 Å². The molecule has 0 spiro atoms. The SMILES string of the molecule is O=[N+]([O-])c1ccc(Cl)cc1S(=O)(=O)NC[C@H]1CCC[C@@H]1O. The number of nitro groups is 1. The molecule has 2 atom stereocenters. The van der Waals surface area contributed by atoms with Crippen LogP contribution in [-0.2, 0) is 10.0 Å². The number of rotatable bonds is 5. The third-order valence-corrected chi connectivity index (χ3v) is 5.25. The van der Waals surface area contributed by atoms with Gasteiger partial charge in [0.1, 0.15) is 0 Å². The van der Waals surface area contributed by atoms with Gasteiger partial charge in [-0.15, -0.1) is 0 Å². The molecule has 116 valence electrons. The molecule has 0 aliphatic heterocycles. The molecule has 7 nitrogen and oxygen atoms in total. The molecule has 1 aromatic carbocycles. The van der Waals surface area contributed by atoms with E-state index in [1.807, 2.05) is 0 Å². The number of hydrogen-bond acceptors (Lipinski definition) is 5. The van der Waals surface area contributed by atoms with Crippen molar-refractivity contribution in [2.45, 2.75) is 30.3 Å². The van der Waals surface area contributed by atoms with E-state index in [1.54, 1.807) is 0 Å². The molecule has 0 saturated heterocycles. The van der Waals surface area contributed by atoms with Crippen molar-refractivity contribution in [3.8, 4) is 0 Å². The number of aliphatic hydroxyl groups is 1. The fraction of sp³-hybridized carbons (Fsp3) is 0.500. The lowest BCUT2D eigenvalue weighted by atomic mass is 10.1. The Bertz CT molecular complexity index is 649. The number of hydrogen-bond donors (Lipinski definition) is 2. The van der Waals surface area contributed by atoms with Gasteiger partial charge in [-0.05, 0) is 30.9 Å². The summed E-state index contributed by atoms with van der Waals surface area (Å²) in [5, 5.41) is 20.7. The van der Waals surface area contributed by atoms with Crippen LogP contribution in [0.15, 0.2) is 23.1 Å². The quantitative estimate of drug-likeness (QED) is 0.629. The number of halogens is 1. The molecular formula is C12H15ClN2O5S. The van der Waals surface area contributed by atoms with E-state index in [0.717, 1.165) is 25.0 Å². The van der Waals surface area contributed by atoms with E-state index in [9.17, 15) is 23.6 Å². The van der Waals surface area contributed by atoms with Gasteiger partial charge in [-0.25, -0.2) is 13.1 Å². The fourth-order valence-corrected chi connectivity index (χ4v) is 3.93. The number of sulfonamides is 1. The molecule has 1 aromatic rings. The lowest BCUT2D eigenvalue weighted by Gasteiger charge is -2.15. The first-order valence-corrected chi connectivity index (χ1v) is 8.29. The van der Waals surface area contributed by atoms with Crippen molar-refractivity contribution in [2.24, 2.45) is 5.92 Å². The van der Waals surface area contributed by atoms with Gasteiger partial charge < -0.3 is 5.11 Å². The number of benzene rings is 1. The largest absolute Gasteiger partial charge is 0.393 e. The first-order chi connectivity index (χ1) is 9.81. The van der Waals surface area contributed by atoms with E-state index < -0.39 is 31.6 Å². The lowest BCUT2D eigenvalue weighted by molar-refractivity contribution is -0.387. The molecule has 21 heavy (non-hydrogen) atoms. The Balaban J connectivity index is 2.23. The highest BCUT2D eigenvalue weighted by Crippen LogP contribution is 2.28. The smallest absolute Gasteiger partial charge is 0.289 e. The Kier molecular flexibility index (Phi) is 4.82. The minimum Gasteiger partial charge on any atom is -0.393 e. The van der Waals surface area contributed by atoms with Crippen LogP contribution in [0.1, 0.15) is 19.3 Å². The monoisotopic (exact) mass is 334 g/mol. The van der Waals surface area contributed by atoms with E-state index in [0.29, 0.717) is 6.42 Å². The van der Waals surface area contributed by atoms with Crippen molar-refractivity contribution in [3.63, 3.8) is 0 Å². The summed E-state index contributed by atoms with van der Waals surface area (Å²) in [6.07, 6.45) is 1.66. The molecular weight excluding hydrogens is 320 g/mol. The maximum atomic E-state index is 12.2. The number of nitrogens with one attached hydrogen (secondary N) is 1. The summed E-state index contributed by atoms with van der Waals surface area (Å²) in [4.78, 5) is 9.69. The highest BCUT2D eigenvalue weighted by atomic mass is 35.5. The van der Waals surface area contributed by atoms with Crippen LogP contribution in [0.3, 0.4) is 0 Å². The van der Waals surface area contributed by atoms with E-state index in [2.05, 4.69) is 4.72 Å². The molecule has 0 bridgehead atoms. The minimum absolute atomic E-state index is 0.0488. The molecule has 0 amide bonds. The normalized spacial score (nSPS) is 22.4. The van der Waals surface area contributed by atoms with Gasteiger partial charge in [0.05, 0.1) is 11.0 Å². The minimum atomic E-state index is -4.06. The van der Waals surface area contributed by atoms with Crippen molar-refractivity contribution in [1.29, 1.82) is 0 Å². The Morgan fingerprint density at radius 1 is 1.43 bits per heavy atom. The highest BCUT2D eigenvalue weighted by Gasteiger charge is 2.30. The maximum absolute atomic E-state index is 12.2. The van der Waals surface area contributed by atoms with Gasteiger partial charge >= 0.3 is 0 Å². The molecule has 1 aliphatic carbocycles. The van der Waals surface area contributed by atoms with Crippen LogP contribution in [-0.4, -0.2) is 31.1 Å². The predicted molar refractivity (Wildman–Crippen MR) is 76.6 cm³/mol. The Morgan fingerprint density at radius 2 is 2.14 bits per heavy atom. The molecule has 2 rings (SSSR count). The fourth-order valence-electron chi connectivity index (χ4n) is 2.40. The molecule has 0 unspecified atom stereocenters. The summed E-state index contributed by atoms with van der Waals surface area (Å²) < 4.78 is 26.8. The molecule has 1 fully saturated rings. The van der Waals surface area contributed by atoms with Crippen molar-refractivity contribution in [1.82, 2.24) is 4.72 Å². The maximum Gasteiger partial charge on any atom is 0.289 e. The predicted octanol–water partition coefficient (Wildman–Crippen LogP) is 1.69. The van der Waals surface area contributed by atoms with Gasteiger partial charge in [0.25, 0.3) is 5.69 Å². The van der Waals surface area contributed by atoms with Crippen molar-refractivity contribution < 1.29 is 18.4 Å². The van der Waals surface area contributed by atoms with Crippen LogP contribution >= 0.6 is 11.6 Å². The number of nitrogens with zero attached hydrogens (tertiary/aromatic N) is 1. The summed E-state index contributed by atoms with van der Waals surface area (Å²) in [5.41, 5.74) is -0.529. The van der Waals surface area contributed by atoms with E-state index in [1.165, 1.54) is 6.07 Å². The zero-order chi connectivity index (χ0) is 15.6. The van der Waals surface area contributed by atoms with Crippen LogP contribution in [0, 0.1) is 16.0 Å². The summed E-state index contributed by atoms with van der Waals surface area (Å²) in [6, 6.07) is 3.37. The summed E-state index contributed by atoms with van der Waals surface area (Å²) in [6.45, 7) is 0.0488. The van der Waals surface area contributed by atoms with E-state index in [-0.39, 0.29) is 17.5 Å². The molecule has 0 radical (unpaired) electrons. The summed E-state index contributed by atoms with van der Waals surface area (Å²) >= 11 is 5.72. The standard InChI is InChI=1S/C12H15ClN2O5S/c13-9-4-5-10(15(17)18)12(6-9)21(19,20)14-7-8-2-1-3-11(8)16/h4-6,8,11,14,16H,1-3,7H2/t8-,11+/m1/s1. The van der Waals surface area contributed by atoms with Crippen molar-refractivity contribution in [2.75, 3.05) is 6.54 Å². The first-order valence-electron chi connectivity index (χ1n) is 6.43. The van der Waals surface area contributed by atoms with Gasteiger partial charge in [-0.3, -0.25) is 10.1 Å². The molecule has 1 aliphatic rings. The van der Waals surface area contributed by atoms with Gasteiger partial charge in [-0.2, -0.15) is 0 Å². The van der Waals surface area contributed by atoms with Crippen LogP contribution in [0.25, 0.3) is 0 Å². The second kappa shape index (κ2) is 6.27. The lowest BCUT2D eigenvalue weighted by Crippen LogP contribution is -2.32.